The van der Waals surface area contributed by atoms with Crippen molar-refractivity contribution >= 4 is 5.91 Å². The van der Waals surface area contributed by atoms with Crippen molar-refractivity contribution in [1.82, 2.24) is 20.6 Å². The number of nitrogens with one attached hydrogen (secondary N) is 1. The Balaban J connectivity index is 2.07. The highest BCUT2D eigenvalue weighted by molar-refractivity contribution is 5.93. The molecule has 1 amide bonds. The number of amides is 1. The molecule has 1 heterocycles. The summed E-state index contributed by atoms with van der Waals surface area (Å²) in [6, 6.07) is 10.3. The van der Waals surface area contributed by atoms with E-state index in [1.807, 2.05) is 12.1 Å². The molecule has 0 saturated heterocycles. The fourth-order valence-electron chi connectivity index (χ4n) is 4.20. The zero-order valence-corrected chi connectivity index (χ0v) is 14.7. The lowest BCUT2D eigenvalue weighted by atomic mass is 9.69. The molecule has 0 saturated carbocycles. The highest BCUT2D eigenvalue weighted by Crippen LogP contribution is 2.45. The molecule has 6 N–H and O–H groups in total. The second-order valence-electron chi connectivity index (χ2n) is 6.78. The van der Waals surface area contributed by atoms with E-state index in [1.54, 1.807) is 18.2 Å². The number of nitrogens with two attached hydrogens (primary N) is 1. The van der Waals surface area contributed by atoms with Crippen molar-refractivity contribution in [1.29, 1.82) is 0 Å². The van der Waals surface area contributed by atoms with Crippen LogP contribution in [0.25, 0.3) is 0 Å². The molecular formula is C19H20FN6O+. The van der Waals surface area contributed by atoms with E-state index in [0.717, 1.165) is 22.3 Å². The highest BCUT2D eigenvalue weighted by Gasteiger charge is 2.44. The van der Waals surface area contributed by atoms with Crippen LogP contribution in [0.1, 0.15) is 44.9 Å². The maximum atomic E-state index is 14.0. The van der Waals surface area contributed by atoms with Crippen LogP contribution in [0.2, 0.25) is 0 Å². The summed E-state index contributed by atoms with van der Waals surface area (Å²) in [4.78, 5) is 11.7. The Labute approximate surface area is 155 Å². The SMILES string of the molecule is NC(=O)c1ccc2c(c1)CCc1cc(F)ccc1C2(CC[NH3+])c1nn[nH]n1. The Bertz CT molecular complexity index is 1000. The molecule has 1 atom stereocenters. The molecular weight excluding hydrogens is 347 g/mol. The van der Waals surface area contributed by atoms with E-state index in [2.05, 4.69) is 26.4 Å². The van der Waals surface area contributed by atoms with Crippen LogP contribution in [0, 0.1) is 5.82 Å². The van der Waals surface area contributed by atoms with Crippen LogP contribution in [-0.2, 0) is 18.3 Å². The average molecular weight is 367 g/mol. The van der Waals surface area contributed by atoms with Crippen LogP contribution in [0.3, 0.4) is 0 Å². The summed E-state index contributed by atoms with van der Waals surface area (Å²) in [6.07, 6.45) is 1.91. The Morgan fingerprint density at radius 2 is 1.89 bits per heavy atom. The summed E-state index contributed by atoms with van der Waals surface area (Å²) in [5.41, 5.74) is 13.0. The molecule has 4 rings (SSSR count). The zero-order valence-electron chi connectivity index (χ0n) is 14.7. The van der Waals surface area contributed by atoms with Gasteiger partial charge in [-0.2, -0.15) is 5.21 Å². The summed E-state index contributed by atoms with van der Waals surface area (Å²) in [5, 5.41) is 14.9. The van der Waals surface area contributed by atoms with Gasteiger partial charge in [-0.05, 0) is 59.4 Å². The third-order valence-electron chi connectivity index (χ3n) is 5.32. The number of aryl methyl sites for hydroxylation is 2. The first-order valence-electron chi connectivity index (χ1n) is 8.81. The normalized spacial score (nSPS) is 18.4. The Hall–Kier alpha value is -3.13. The third kappa shape index (κ3) is 2.69. The molecule has 2 aromatic carbocycles. The smallest absolute Gasteiger partial charge is 0.248 e. The number of hydrogen-bond donors (Lipinski definition) is 3. The van der Waals surface area contributed by atoms with Crippen LogP contribution in [0.5, 0.6) is 0 Å². The van der Waals surface area contributed by atoms with Gasteiger partial charge < -0.3 is 11.5 Å². The number of carbonyl (C=O) groups is 1. The lowest BCUT2D eigenvalue weighted by Gasteiger charge is -2.32. The molecule has 138 valence electrons. The van der Waals surface area contributed by atoms with Gasteiger partial charge in [0.25, 0.3) is 0 Å². The number of hydrogen-bond acceptors (Lipinski definition) is 4. The number of halogens is 1. The standard InChI is InChI=1S/C19H19FN6O/c20-14-4-6-16-12(10-14)2-1-11-9-13(17(22)27)3-5-15(11)19(16,7-8-21)18-23-25-26-24-18/h3-6,9-10H,1-2,7-8,21H2,(H2,22,27)(H,23,24,25,26)/p+1. The van der Waals surface area contributed by atoms with Gasteiger partial charge in [-0.3, -0.25) is 4.79 Å². The van der Waals surface area contributed by atoms with Crippen molar-refractivity contribution in [3.63, 3.8) is 0 Å². The minimum atomic E-state index is -0.722. The van der Waals surface area contributed by atoms with Gasteiger partial charge in [0.15, 0.2) is 5.82 Å². The number of H-pyrrole nitrogens is 1. The third-order valence-corrected chi connectivity index (χ3v) is 5.32. The zero-order chi connectivity index (χ0) is 19.0. The van der Waals surface area contributed by atoms with Gasteiger partial charge in [-0.15, -0.1) is 10.2 Å². The Morgan fingerprint density at radius 1 is 1.19 bits per heavy atom. The van der Waals surface area contributed by atoms with Gasteiger partial charge in [0.1, 0.15) is 5.82 Å². The first kappa shape index (κ1) is 17.3. The molecule has 1 aromatic heterocycles. The van der Waals surface area contributed by atoms with Crippen LogP contribution >= 0.6 is 0 Å². The summed E-state index contributed by atoms with van der Waals surface area (Å²) in [6.45, 7) is 0.613. The van der Waals surface area contributed by atoms with Crippen molar-refractivity contribution in [2.75, 3.05) is 6.54 Å². The van der Waals surface area contributed by atoms with E-state index in [1.165, 1.54) is 6.07 Å². The van der Waals surface area contributed by atoms with E-state index >= 15 is 0 Å². The fourth-order valence-corrected chi connectivity index (χ4v) is 4.20. The number of aromatic amines is 1. The van der Waals surface area contributed by atoms with Gasteiger partial charge in [0.05, 0.1) is 12.0 Å². The summed E-state index contributed by atoms with van der Waals surface area (Å²) >= 11 is 0. The molecule has 0 fully saturated rings. The molecule has 0 bridgehead atoms. The number of tetrazole rings is 1. The van der Waals surface area contributed by atoms with E-state index in [-0.39, 0.29) is 5.82 Å². The molecule has 8 heteroatoms. The molecule has 1 unspecified atom stereocenters. The largest absolute Gasteiger partial charge is 0.366 e. The first-order chi connectivity index (χ1) is 13.1. The van der Waals surface area contributed by atoms with E-state index in [9.17, 15) is 9.18 Å². The summed E-state index contributed by atoms with van der Waals surface area (Å²) in [5.74, 6) is -0.254. The minimum Gasteiger partial charge on any atom is -0.366 e. The number of benzene rings is 2. The molecule has 1 aliphatic rings. The summed E-state index contributed by atoms with van der Waals surface area (Å²) < 4.78 is 14.0. The van der Waals surface area contributed by atoms with Gasteiger partial charge in [-0.25, -0.2) is 4.39 Å². The fraction of sp³-hybridized carbons (Fsp3) is 0.263. The lowest BCUT2D eigenvalue weighted by molar-refractivity contribution is -0.370. The number of rotatable bonds is 4. The highest BCUT2D eigenvalue weighted by atomic mass is 19.1. The van der Waals surface area contributed by atoms with Gasteiger partial charge in [-0.1, -0.05) is 17.3 Å². The maximum absolute atomic E-state index is 14.0. The van der Waals surface area contributed by atoms with Crippen LogP contribution < -0.4 is 11.5 Å². The molecule has 0 spiro atoms. The predicted molar refractivity (Wildman–Crippen MR) is 95.2 cm³/mol. The van der Waals surface area contributed by atoms with Gasteiger partial charge in [0.2, 0.25) is 5.91 Å². The van der Waals surface area contributed by atoms with Crippen LogP contribution in [0.15, 0.2) is 36.4 Å². The van der Waals surface area contributed by atoms with E-state index < -0.39 is 11.3 Å². The Kier molecular flexibility index (Phi) is 4.19. The van der Waals surface area contributed by atoms with Crippen molar-refractivity contribution in [2.45, 2.75) is 24.7 Å². The molecule has 1 aliphatic carbocycles. The summed E-state index contributed by atoms with van der Waals surface area (Å²) in [7, 11) is 0. The number of fused-ring (bicyclic) bond motifs is 2. The quantitative estimate of drug-likeness (QED) is 0.621. The van der Waals surface area contributed by atoms with Crippen molar-refractivity contribution in [2.24, 2.45) is 5.73 Å². The van der Waals surface area contributed by atoms with E-state index in [4.69, 9.17) is 5.73 Å². The second kappa shape index (κ2) is 6.55. The van der Waals surface area contributed by atoms with Gasteiger partial charge in [0, 0.05) is 12.0 Å². The van der Waals surface area contributed by atoms with Crippen molar-refractivity contribution in [3.8, 4) is 0 Å². The first-order valence-corrected chi connectivity index (χ1v) is 8.81. The minimum absolute atomic E-state index is 0.283. The molecule has 0 radical (unpaired) electrons. The molecule has 3 aromatic rings. The molecule has 7 nitrogen and oxygen atoms in total. The number of nitrogens with zero attached hydrogens (tertiary/aromatic N) is 3. The second-order valence-corrected chi connectivity index (χ2v) is 6.78. The number of primary amides is 1. The Morgan fingerprint density at radius 3 is 2.52 bits per heavy atom. The number of quaternary nitrogens is 1. The number of carbonyl (C=O) groups excluding carboxylic acids is 1. The average Bonchev–Trinajstić information content (AvgIpc) is 3.16. The maximum Gasteiger partial charge on any atom is 0.248 e. The number of aromatic nitrogens is 4. The van der Waals surface area contributed by atoms with Crippen LogP contribution in [-0.4, -0.2) is 33.1 Å². The molecule has 27 heavy (non-hydrogen) atoms. The van der Waals surface area contributed by atoms with Crippen LogP contribution in [0.4, 0.5) is 4.39 Å². The van der Waals surface area contributed by atoms with Crippen molar-refractivity contribution < 1.29 is 14.9 Å². The predicted octanol–water partition coefficient (Wildman–Crippen LogP) is 0.503. The van der Waals surface area contributed by atoms with Gasteiger partial charge >= 0.3 is 0 Å². The molecule has 0 aliphatic heterocycles. The van der Waals surface area contributed by atoms with Crippen molar-refractivity contribution in [3.05, 3.63) is 75.9 Å². The monoisotopic (exact) mass is 367 g/mol. The lowest BCUT2D eigenvalue weighted by Crippen LogP contribution is -2.53. The topological polar surface area (TPSA) is 125 Å². The van der Waals surface area contributed by atoms with E-state index in [0.29, 0.717) is 37.2 Å².